The fourth-order valence-electron chi connectivity index (χ4n) is 2.72. The van der Waals surface area contributed by atoms with Crippen molar-refractivity contribution >= 4 is 17.6 Å². The summed E-state index contributed by atoms with van der Waals surface area (Å²) < 4.78 is 5.53. The summed E-state index contributed by atoms with van der Waals surface area (Å²) in [6.07, 6.45) is 8.99. The van der Waals surface area contributed by atoms with E-state index in [1.54, 1.807) is 0 Å². The topological polar surface area (TPSA) is 26.3 Å². The van der Waals surface area contributed by atoms with E-state index in [2.05, 4.69) is 6.92 Å². The summed E-state index contributed by atoms with van der Waals surface area (Å²) in [5.41, 5.74) is 2.50. The van der Waals surface area contributed by atoms with Crippen molar-refractivity contribution in [1.82, 2.24) is 0 Å². The number of unbranched alkanes of at least 4 members (excludes halogenated alkanes) is 5. The summed E-state index contributed by atoms with van der Waals surface area (Å²) in [4.78, 5) is 12.6. The van der Waals surface area contributed by atoms with Crippen LogP contribution in [0.25, 0.3) is 11.6 Å². The summed E-state index contributed by atoms with van der Waals surface area (Å²) >= 11 is 0. The number of hydrogen-bond acceptors (Lipinski definition) is 2. The standard InChI is InChI=1S/C23H28O2/c1-2-3-4-5-6-13-18-25-23(24)22(21-16-11-8-12-17-21)19-20-14-9-7-10-15-20/h7-12,14-17,19H,2-6,13,18H2,1H3. The van der Waals surface area contributed by atoms with Crippen LogP contribution in [-0.4, -0.2) is 12.6 Å². The van der Waals surface area contributed by atoms with E-state index in [1.807, 2.05) is 66.7 Å². The minimum atomic E-state index is -0.247. The molecule has 2 aromatic carbocycles. The molecule has 2 nitrogen and oxygen atoms in total. The quantitative estimate of drug-likeness (QED) is 0.226. The highest BCUT2D eigenvalue weighted by molar-refractivity contribution is 6.21. The molecule has 0 heterocycles. The van der Waals surface area contributed by atoms with Crippen molar-refractivity contribution in [2.75, 3.05) is 6.61 Å². The van der Waals surface area contributed by atoms with Gasteiger partial charge in [0.2, 0.25) is 0 Å². The van der Waals surface area contributed by atoms with Gasteiger partial charge in [-0.1, -0.05) is 99.7 Å². The Balaban J connectivity index is 1.96. The Morgan fingerprint density at radius 1 is 0.840 bits per heavy atom. The Morgan fingerprint density at radius 2 is 1.44 bits per heavy atom. The number of benzene rings is 2. The van der Waals surface area contributed by atoms with Crippen LogP contribution in [0.5, 0.6) is 0 Å². The van der Waals surface area contributed by atoms with Crippen LogP contribution in [0.3, 0.4) is 0 Å². The molecule has 0 aliphatic carbocycles. The molecule has 0 aliphatic rings. The average molecular weight is 336 g/mol. The second kappa shape index (κ2) is 11.2. The predicted octanol–water partition coefficient (Wildman–Crippen LogP) is 6.13. The molecule has 0 saturated heterocycles. The molecule has 0 atom stereocenters. The van der Waals surface area contributed by atoms with E-state index in [1.165, 1.54) is 25.7 Å². The van der Waals surface area contributed by atoms with Crippen LogP contribution >= 0.6 is 0 Å². The monoisotopic (exact) mass is 336 g/mol. The summed E-state index contributed by atoms with van der Waals surface area (Å²) in [5.74, 6) is -0.247. The van der Waals surface area contributed by atoms with Gasteiger partial charge in [0.15, 0.2) is 0 Å². The van der Waals surface area contributed by atoms with E-state index < -0.39 is 0 Å². The number of hydrogen-bond donors (Lipinski definition) is 0. The number of rotatable bonds is 10. The first-order valence-electron chi connectivity index (χ1n) is 9.30. The van der Waals surface area contributed by atoms with Crippen LogP contribution in [0.15, 0.2) is 60.7 Å². The second-order valence-corrected chi connectivity index (χ2v) is 6.24. The van der Waals surface area contributed by atoms with Crippen LogP contribution in [0.2, 0.25) is 0 Å². The van der Waals surface area contributed by atoms with Crippen molar-refractivity contribution in [2.24, 2.45) is 0 Å². The molecule has 132 valence electrons. The average Bonchev–Trinajstić information content (AvgIpc) is 2.67. The van der Waals surface area contributed by atoms with Gasteiger partial charge in [0.25, 0.3) is 0 Å². The van der Waals surface area contributed by atoms with Crippen molar-refractivity contribution in [3.63, 3.8) is 0 Å². The molecule has 0 aliphatic heterocycles. The Bertz CT molecular complexity index is 644. The maximum atomic E-state index is 12.6. The van der Waals surface area contributed by atoms with E-state index in [0.717, 1.165) is 24.0 Å². The molecule has 2 rings (SSSR count). The predicted molar refractivity (Wildman–Crippen MR) is 105 cm³/mol. The molecule has 25 heavy (non-hydrogen) atoms. The third-order valence-electron chi connectivity index (χ3n) is 4.15. The Hall–Kier alpha value is -2.35. The fraction of sp³-hybridized carbons (Fsp3) is 0.348. The Labute approximate surface area is 151 Å². The molecule has 0 fully saturated rings. The van der Waals surface area contributed by atoms with Gasteiger partial charge < -0.3 is 4.74 Å². The van der Waals surface area contributed by atoms with Gasteiger partial charge in [-0.15, -0.1) is 0 Å². The minimum Gasteiger partial charge on any atom is -0.462 e. The van der Waals surface area contributed by atoms with Crippen molar-refractivity contribution in [2.45, 2.75) is 45.4 Å². The van der Waals surface area contributed by atoms with E-state index in [-0.39, 0.29) is 5.97 Å². The third kappa shape index (κ3) is 6.96. The zero-order valence-electron chi connectivity index (χ0n) is 15.1. The fourth-order valence-corrected chi connectivity index (χ4v) is 2.72. The maximum Gasteiger partial charge on any atom is 0.338 e. The van der Waals surface area contributed by atoms with Crippen LogP contribution in [0.1, 0.15) is 56.6 Å². The second-order valence-electron chi connectivity index (χ2n) is 6.24. The summed E-state index contributed by atoms with van der Waals surface area (Å²) in [6.45, 7) is 2.70. The number of ether oxygens (including phenoxy) is 1. The van der Waals surface area contributed by atoms with E-state index in [9.17, 15) is 4.79 Å². The first-order valence-corrected chi connectivity index (χ1v) is 9.30. The van der Waals surface area contributed by atoms with E-state index >= 15 is 0 Å². The molecule has 0 N–H and O–H groups in total. The highest BCUT2D eigenvalue weighted by Gasteiger charge is 2.13. The van der Waals surface area contributed by atoms with Gasteiger partial charge in [0.05, 0.1) is 12.2 Å². The van der Waals surface area contributed by atoms with Crippen LogP contribution < -0.4 is 0 Å². The number of esters is 1. The molecular weight excluding hydrogens is 308 g/mol. The molecule has 2 aromatic rings. The van der Waals surface area contributed by atoms with Crippen LogP contribution in [0.4, 0.5) is 0 Å². The lowest BCUT2D eigenvalue weighted by Gasteiger charge is -2.09. The van der Waals surface area contributed by atoms with Crippen molar-refractivity contribution < 1.29 is 9.53 Å². The Morgan fingerprint density at radius 3 is 2.12 bits per heavy atom. The zero-order valence-corrected chi connectivity index (χ0v) is 15.1. The molecule has 0 spiro atoms. The molecular formula is C23H28O2. The van der Waals surface area contributed by atoms with Gasteiger partial charge in [0.1, 0.15) is 0 Å². The molecule has 0 unspecified atom stereocenters. The van der Waals surface area contributed by atoms with Gasteiger partial charge in [-0.3, -0.25) is 0 Å². The maximum absolute atomic E-state index is 12.6. The third-order valence-corrected chi connectivity index (χ3v) is 4.15. The highest BCUT2D eigenvalue weighted by atomic mass is 16.5. The number of carbonyl (C=O) groups is 1. The molecule has 0 bridgehead atoms. The molecule has 2 heteroatoms. The molecule has 0 amide bonds. The van der Waals surface area contributed by atoms with Crippen LogP contribution in [-0.2, 0) is 9.53 Å². The molecule has 0 radical (unpaired) electrons. The minimum absolute atomic E-state index is 0.247. The van der Waals surface area contributed by atoms with Crippen molar-refractivity contribution in [3.05, 3.63) is 71.8 Å². The Kier molecular flexibility index (Phi) is 8.54. The largest absolute Gasteiger partial charge is 0.462 e. The number of carbonyl (C=O) groups excluding carboxylic acids is 1. The zero-order chi connectivity index (χ0) is 17.7. The van der Waals surface area contributed by atoms with E-state index in [0.29, 0.717) is 12.2 Å². The lowest BCUT2D eigenvalue weighted by Crippen LogP contribution is -2.08. The lowest BCUT2D eigenvalue weighted by molar-refractivity contribution is -0.136. The van der Waals surface area contributed by atoms with Gasteiger partial charge in [-0.25, -0.2) is 4.79 Å². The smallest absolute Gasteiger partial charge is 0.338 e. The van der Waals surface area contributed by atoms with Crippen molar-refractivity contribution in [1.29, 1.82) is 0 Å². The van der Waals surface area contributed by atoms with Gasteiger partial charge in [-0.2, -0.15) is 0 Å². The summed E-state index contributed by atoms with van der Waals surface area (Å²) in [5, 5.41) is 0. The normalized spacial score (nSPS) is 11.3. The molecule has 0 saturated carbocycles. The molecule has 0 aromatic heterocycles. The summed E-state index contributed by atoms with van der Waals surface area (Å²) in [6, 6.07) is 19.6. The first kappa shape index (κ1) is 19.0. The van der Waals surface area contributed by atoms with Gasteiger partial charge in [0, 0.05) is 0 Å². The van der Waals surface area contributed by atoms with E-state index in [4.69, 9.17) is 4.74 Å². The van der Waals surface area contributed by atoms with Crippen LogP contribution in [0, 0.1) is 0 Å². The first-order chi connectivity index (χ1) is 12.3. The summed E-state index contributed by atoms with van der Waals surface area (Å²) in [7, 11) is 0. The van der Waals surface area contributed by atoms with Crippen molar-refractivity contribution in [3.8, 4) is 0 Å². The van der Waals surface area contributed by atoms with Gasteiger partial charge >= 0.3 is 5.97 Å². The highest BCUT2D eigenvalue weighted by Crippen LogP contribution is 2.20. The van der Waals surface area contributed by atoms with Gasteiger partial charge in [-0.05, 0) is 23.6 Å². The lowest BCUT2D eigenvalue weighted by atomic mass is 10.0. The SMILES string of the molecule is CCCCCCCCOC(=O)C(=Cc1ccccc1)c1ccccc1.